The Balaban J connectivity index is 1.85. The van der Waals surface area contributed by atoms with Gasteiger partial charge >= 0.3 is 0 Å². The van der Waals surface area contributed by atoms with Gasteiger partial charge in [-0.1, -0.05) is 28.1 Å². The molecule has 108 valence electrons. The lowest BCUT2D eigenvalue weighted by molar-refractivity contribution is -0.120. The summed E-state index contributed by atoms with van der Waals surface area (Å²) in [6, 6.07) is 15.0. The Labute approximate surface area is 132 Å². The van der Waals surface area contributed by atoms with Crippen molar-refractivity contribution in [2.75, 3.05) is 7.11 Å². The summed E-state index contributed by atoms with van der Waals surface area (Å²) in [6.07, 6.45) is 1.89. The van der Waals surface area contributed by atoms with Crippen LogP contribution in [0.4, 0.5) is 0 Å². The van der Waals surface area contributed by atoms with Crippen LogP contribution in [0.2, 0.25) is 0 Å². The van der Waals surface area contributed by atoms with E-state index in [4.69, 9.17) is 4.74 Å². The number of nitrogens with zero attached hydrogens (tertiary/aromatic N) is 1. The third-order valence-corrected chi connectivity index (χ3v) is 3.33. The number of rotatable bonds is 5. The number of carbonyl (C=O) groups excluding carboxylic acids is 1. The van der Waals surface area contributed by atoms with Crippen LogP contribution in [0, 0.1) is 0 Å². The molecule has 0 spiro atoms. The normalized spacial score (nSPS) is 10.6. The molecule has 0 fully saturated rings. The van der Waals surface area contributed by atoms with Crippen LogP contribution in [-0.2, 0) is 11.2 Å². The second-order valence-corrected chi connectivity index (χ2v) is 5.29. The molecule has 0 radical (unpaired) electrons. The fraction of sp³-hybridized carbons (Fsp3) is 0.125. The van der Waals surface area contributed by atoms with Gasteiger partial charge in [0.1, 0.15) is 5.75 Å². The standard InChI is InChI=1S/C16H15BrN2O2/c1-21-15-8-4-13(5-9-15)11-18-19-16(20)10-12-2-6-14(17)7-3-12/h2-9,11H,10H2,1H3,(H,19,20)/b18-11-. The molecule has 0 unspecified atom stereocenters. The van der Waals surface area contributed by atoms with Gasteiger partial charge in [-0.2, -0.15) is 5.10 Å². The number of halogens is 1. The van der Waals surface area contributed by atoms with Crippen LogP contribution in [0.5, 0.6) is 5.75 Å². The average Bonchev–Trinajstić information content (AvgIpc) is 2.50. The van der Waals surface area contributed by atoms with E-state index in [0.29, 0.717) is 6.42 Å². The SMILES string of the molecule is COc1ccc(/C=N\NC(=O)Cc2ccc(Br)cc2)cc1. The zero-order valence-corrected chi connectivity index (χ0v) is 13.1. The van der Waals surface area contributed by atoms with Crippen molar-refractivity contribution < 1.29 is 9.53 Å². The van der Waals surface area contributed by atoms with E-state index in [-0.39, 0.29) is 5.91 Å². The minimum atomic E-state index is -0.151. The Morgan fingerprint density at radius 2 is 1.86 bits per heavy atom. The minimum Gasteiger partial charge on any atom is -0.497 e. The fourth-order valence-corrected chi connectivity index (χ4v) is 1.96. The highest BCUT2D eigenvalue weighted by Crippen LogP contribution is 2.11. The van der Waals surface area contributed by atoms with Gasteiger partial charge in [0.2, 0.25) is 5.91 Å². The first-order chi connectivity index (χ1) is 10.2. The Bertz CT molecular complexity index is 622. The zero-order chi connectivity index (χ0) is 15.1. The summed E-state index contributed by atoms with van der Waals surface area (Å²) in [6.45, 7) is 0. The summed E-state index contributed by atoms with van der Waals surface area (Å²) in [4.78, 5) is 11.7. The molecule has 0 saturated heterocycles. The van der Waals surface area contributed by atoms with Crippen molar-refractivity contribution in [3.63, 3.8) is 0 Å². The Morgan fingerprint density at radius 1 is 1.19 bits per heavy atom. The summed E-state index contributed by atoms with van der Waals surface area (Å²) >= 11 is 3.36. The first-order valence-electron chi connectivity index (χ1n) is 6.38. The lowest BCUT2D eigenvalue weighted by Gasteiger charge is -2.01. The number of hydrogen-bond acceptors (Lipinski definition) is 3. The maximum Gasteiger partial charge on any atom is 0.244 e. The molecule has 0 aliphatic carbocycles. The molecular weight excluding hydrogens is 332 g/mol. The van der Waals surface area contributed by atoms with Crippen molar-refractivity contribution in [2.45, 2.75) is 6.42 Å². The number of nitrogens with one attached hydrogen (secondary N) is 1. The molecule has 0 aliphatic heterocycles. The van der Waals surface area contributed by atoms with Crippen LogP contribution >= 0.6 is 15.9 Å². The van der Waals surface area contributed by atoms with Crippen LogP contribution in [0.25, 0.3) is 0 Å². The van der Waals surface area contributed by atoms with Gasteiger partial charge in [-0.05, 0) is 47.5 Å². The fourth-order valence-electron chi connectivity index (χ4n) is 1.70. The quantitative estimate of drug-likeness (QED) is 0.667. The number of carbonyl (C=O) groups is 1. The molecule has 0 bridgehead atoms. The summed E-state index contributed by atoms with van der Waals surface area (Å²) in [5, 5.41) is 3.94. The van der Waals surface area contributed by atoms with Crippen LogP contribution < -0.4 is 10.2 Å². The summed E-state index contributed by atoms with van der Waals surface area (Å²) in [5.41, 5.74) is 4.34. The Morgan fingerprint density at radius 3 is 2.48 bits per heavy atom. The first-order valence-corrected chi connectivity index (χ1v) is 7.17. The third kappa shape index (κ3) is 5.04. The van der Waals surface area contributed by atoms with E-state index in [1.54, 1.807) is 13.3 Å². The molecule has 2 aromatic carbocycles. The van der Waals surface area contributed by atoms with Crippen LogP contribution in [-0.4, -0.2) is 19.2 Å². The predicted molar refractivity (Wildman–Crippen MR) is 86.6 cm³/mol. The van der Waals surface area contributed by atoms with Crippen molar-refractivity contribution in [2.24, 2.45) is 5.10 Å². The largest absolute Gasteiger partial charge is 0.497 e. The summed E-state index contributed by atoms with van der Waals surface area (Å²) in [7, 11) is 1.62. The molecule has 2 rings (SSSR count). The molecule has 0 aliphatic rings. The second kappa shape index (κ2) is 7.59. The van der Waals surface area contributed by atoms with Crippen molar-refractivity contribution in [3.05, 3.63) is 64.1 Å². The third-order valence-electron chi connectivity index (χ3n) is 2.80. The zero-order valence-electron chi connectivity index (χ0n) is 11.5. The number of hydrazone groups is 1. The molecule has 0 heterocycles. The molecule has 1 amide bonds. The van der Waals surface area contributed by atoms with Gasteiger partial charge in [-0.25, -0.2) is 5.43 Å². The smallest absolute Gasteiger partial charge is 0.244 e. The number of ether oxygens (including phenoxy) is 1. The highest BCUT2D eigenvalue weighted by atomic mass is 79.9. The lowest BCUT2D eigenvalue weighted by atomic mass is 10.1. The molecule has 5 heteroatoms. The molecular formula is C16H15BrN2O2. The monoisotopic (exact) mass is 346 g/mol. The van der Waals surface area contributed by atoms with Gasteiger partial charge in [0.25, 0.3) is 0 Å². The van der Waals surface area contributed by atoms with E-state index >= 15 is 0 Å². The van der Waals surface area contributed by atoms with Gasteiger partial charge in [-0.15, -0.1) is 0 Å². The molecule has 0 aromatic heterocycles. The van der Waals surface area contributed by atoms with Crippen molar-refractivity contribution >= 4 is 28.1 Å². The number of benzene rings is 2. The molecule has 1 N–H and O–H groups in total. The van der Waals surface area contributed by atoms with E-state index in [0.717, 1.165) is 21.3 Å². The maximum absolute atomic E-state index is 11.7. The topological polar surface area (TPSA) is 50.7 Å². The van der Waals surface area contributed by atoms with Crippen molar-refractivity contribution in [1.29, 1.82) is 0 Å². The molecule has 4 nitrogen and oxygen atoms in total. The Hall–Kier alpha value is -2.14. The van der Waals surface area contributed by atoms with E-state index in [9.17, 15) is 4.79 Å². The van der Waals surface area contributed by atoms with E-state index in [1.807, 2.05) is 48.5 Å². The van der Waals surface area contributed by atoms with Gasteiger partial charge in [0, 0.05) is 4.47 Å². The van der Waals surface area contributed by atoms with Crippen molar-refractivity contribution in [1.82, 2.24) is 5.43 Å². The number of amides is 1. The molecule has 21 heavy (non-hydrogen) atoms. The maximum atomic E-state index is 11.7. The molecule has 0 saturated carbocycles. The van der Waals surface area contributed by atoms with E-state index in [1.165, 1.54) is 0 Å². The number of hydrogen-bond donors (Lipinski definition) is 1. The highest BCUT2D eigenvalue weighted by Gasteiger charge is 2.01. The first kappa shape index (κ1) is 15.3. The van der Waals surface area contributed by atoms with Gasteiger partial charge in [0.05, 0.1) is 19.7 Å². The van der Waals surface area contributed by atoms with Crippen LogP contribution in [0.15, 0.2) is 58.1 Å². The van der Waals surface area contributed by atoms with Crippen molar-refractivity contribution in [3.8, 4) is 5.75 Å². The highest BCUT2D eigenvalue weighted by molar-refractivity contribution is 9.10. The van der Waals surface area contributed by atoms with Gasteiger partial charge in [-0.3, -0.25) is 4.79 Å². The predicted octanol–water partition coefficient (Wildman–Crippen LogP) is 3.15. The van der Waals surface area contributed by atoms with Gasteiger partial charge < -0.3 is 4.74 Å². The summed E-state index contributed by atoms with van der Waals surface area (Å²) in [5.74, 6) is 0.633. The lowest BCUT2D eigenvalue weighted by Crippen LogP contribution is -2.19. The van der Waals surface area contributed by atoms with E-state index in [2.05, 4.69) is 26.5 Å². The molecule has 0 atom stereocenters. The minimum absolute atomic E-state index is 0.151. The summed E-state index contributed by atoms with van der Waals surface area (Å²) < 4.78 is 6.06. The van der Waals surface area contributed by atoms with E-state index < -0.39 is 0 Å². The Kier molecular flexibility index (Phi) is 5.51. The second-order valence-electron chi connectivity index (χ2n) is 4.37. The molecule has 2 aromatic rings. The van der Waals surface area contributed by atoms with Crippen LogP contribution in [0.1, 0.15) is 11.1 Å². The van der Waals surface area contributed by atoms with Crippen LogP contribution in [0.3, 0.4) is 0 Å². The van der Waals surface area contributed by atoms with Gasteiger partial charge in [0.15, 0.2) is 0 Å². The average molecular weight is 347 g/mol. The number of methoxy groups -OCH3 is 1.